The van der Waals surface area contributed by atoms with Crippen LogP contribution in [0.15, 0.2) is 41.3 Å². The highest BCUT2D eigenvalue weighted by atomic mass is 19.4. The van der Waals surface area contributed by atoms with Gasteiger partial charge in [0, 0.05) is 29.9 Å². The van der Waals surface area contributed by atoms with Crippen LogP contribution in [0.1, 0.15) is 96.8 Å². The maximum Gasteiger partial charge on any atom is 0.419 e. The number of rotatable bonds is 7. The Labute approximate surface area is 285 Å². The van der Waals surface area contributed by atoms with Crippen molar-refractivity contribution in [1.82, 2.24) is 14.8 Å². The zero-order valence-electron chi connectivity index (χ0n) is 28.0. The predicted octanol–water partition coefficient (Wildman–Crippen LogP) is 7.93. The smallest absolute Gasteiger partial charge is 0.419 e. The molecule has 4 rings (SSSR count). The molecule has 0 spiro atoms. The number of pyridine rings is 1. The highest BCUT2D eigenvalue weighted by molar-refractivity contribution is 5.82. The van der Waals surface area contributed by atoms with Crippen LogP contribution in [0.2, 0.25) is 0 Å². The first kappa shape index (κ1) is 38.6. The van der Waals surface area contributed by atoms with Gasteiger partial charge >= 0.3 is 12.1 Å². The zero-order valence-corrected chi connectivity index (χ0v) is 28.0. The molecule has 1 amide bonds. The van der Waals surface area contributed by atoms with E-state index in [-0.39, 0.29) is 35.1 Å². The molecule has 14 heteroatoms. The molecule has 3 aromatic rings. The van der Waals surface area contributed by atoms with E-state index in [9.17, 15) is 45.8 Å². The van der Waals surface area contributed by atoms with Crippen LogP contribution in [0.3, 0.4) is 0 Å². The number of hydrogen-bond donors (Lipinski definition) is 2. The number of nitrogens with one attached hydrogen (secondary N) is 1. The van der Waals surface area contributed by atoms with E-state index in [0.717, 1.165) is 22.8 Å². The van der Waals surface area contributed by atoms with Gasteiger partial charge in [-0.25, -0.2) is 17.6 Å². The summed E-state index contributed by atoms with van der Waals surface area (Å²) in [5.74, 6) is -4.96. The monoisotopic (exact) mass is 711 g/mol. The van der Waals surface area contributed by atoms with Gasteiger partial charge < -0.3 is 19.9 Å². The number of hydrogen-bond acceptors (Lipinski definition) is 4. The number of likely N-dealkylation sites (N-methyl/N-ethyl adjacent to an activating group) is 1. The molecule has 272 valence electrons. The summed E-state index contributed by atoms with van der Waals surface area (Å²) < 4.78 is 102. The van der Waals surface area contributed by atoms with E-state index in [1.54, 1.807) is 19.0 Å². The normalized spacial score (nSPS) is 17.9. The van der Waals surface area contributed by atoms with Crippen molar-refractivity contribution in [3.8, 4) is 11.1 Å². The number of fused-ring (bicyclic) bond motifs is 4. The van der Waals surface area contributed by atoms with E-state index in [0.29, 0.717) is 56.7 Å². The van der Waals surface area contributed by atoms with Crippen molar-refractivity contribution < 1.29 is 45.4 Å². The Bertz CT molecular complexity index is 1770. The predicted molar refractivity (Wildman–Crippen MR) is 173 cm³/mol. The van der Waals surface area contributed by atoms with E-state index in [4.69, 9.17) is 0 Å². The van der Waals surface area contributed by atoms with E-state index in [1.165, 1.54) is 19.2 Å². The lowest BCUT2D eigenvalue weighted by molar-refractivity contribution is -0.140. The summed E-state index contributed by atoms with van der Waals surface area (Å²) in [4.78, 5) is 41.0. The van der Waals surface area contributed by atoms with Crippen molar-refractivity contribution >= 4 is 11.9 Å². The number of benzene rings is 2. The number of aryl methyl sites for hydroxylation is 2. The Kier molecular flexibility index (Phi) is 12.5. The van der Waals surface area contributed by atoms with Crippen molar-refractivity contribution in [3.05, 3.63) is 91.9 Å². The molecule has 7 nitrogen and oxygen atoms in total. The average molecular weight is 712 g/mol. The first-order valence-corrected chi connectivity index (χ1v) is 16.4. The van der Waals surface area contributed by atoms with Crippen LogP contribution in [-0.4, -0.2) is 47.1 Å². The average Bonchev–Trinajstić information content (AvgIpc) is 3.00. The van der Waals surface area contributed by atoms with Crippen LogP contribution < -0.4 is 10.9 Å². The van der Waals surface area contributed by atoms with Crippen LogP contribution in [0.4, 0.5) is 30.7 Å². The van der Waals surface area contributed by atoms with E-state index in [1.807, 2.05) is 0 Å². The van der Waals surface area contributed by atoms with Gasteiger partial charge in [-0.1, -0.05) is 25.7 Å². The molecule has 2 atom stereocenters. The first-order valence-electron chi connectivity index (χ1n) is 16.4. The lowest BCUT2D eigenvalue weighted by atomic mass is 9.87. The summed E-state index contributed by atoms with van der Waals surface area (Å²) in [5, 5.41) is 12.1. The summed E-state index contributed by atoms with van der Waals surface area (Å²) in [6, 6.07) is 1.50. The zero-order chi connectivity index (χ0) is 36.9. The summed E-state index contributed by atoms with van der Waals surface area (Å²) in [7, 11) is 3.46. The van der Waals surface area contributed by atoms with Crippen LogP contribution in [0.25, 0.3) is 11.1 Å². The van der Waals surface area contributed by atoms with Gasteiger partial charge in [-0.3, -0.25) is 14.4 Å². The van der Waals surface area contributed by atoms with E-state index in [2.05, 4.69) is 5.32 Å². The van der Waals surface area contributed by atoms with Gasteiger partial charge in [0.1, 0.15) is 17.7 Å². The molecular formula is C36H40F7N3O4. The van der Waals surface area contributed by atoms with Crippen LogP contribution in [0.5, 0.6) is 0 Å². The SMILES string of the molecule is Cc1cc(F)cc2c1-c1cc(c(F)c(C(F)(F)F)c1)[C@H](CC(=O)O)NC(=O)[C@@H](n1cc(CCN(C)C)c(C(F)F)cc1=O)CCCCCCC2. The third-order valence-corrected chi connectivity index (χ3v) is 8.97. The highest BCUT2D eigenvalue weighted by Gasteiger charge is 2.38. The highest BCUT2D eigenvalue weighted by Crippen LogP contribution is 2.40. The van der Waals surface area contributed by atoms with Gasteiger partial charge in [0.15, 0.2) is 0 Å². The minimum absolute atomic E-state index is 0.00373. The van der Waals surface area contributed by atoms with Crippen LogP contribution in [0, 0.1) is 18.6 Å². The number of carbonyl (C=O) groups is 2. The number of carboxylic acids is 1. The minimum atomic E-state index is -5.23. The maximum absolute atomic E-state index is 15.9. The third kappa shape index (κ3) is 9.32. The number of carbonyl (C=O) groups excluding carboxylic acids is 1. The Hall–Kier alpha value is -4.20. The Morgan fingerprint density at radius 3 is 2.34 bits per heavy atom. The molecule has 0 radical (unpaired) electrons. The number of nitrogens with zero attached hydrogens (tertiary/aromatic N) is 2. The number of halogens is 7. The molecule has 0 aliphatic carbocycles. The summed E-state index contributed by atoms with van der Waals surface area (Å²) >= 11 is 0. The Balaban J connectivity index is 1.93. The van der Waals surface area contributed by atoms with Crippen LogP contribution in [-0.2, 0) is 28.6 Å². The third-order valence-electron chi connectivity index (χ3n) is 8.97. The topological polar surface area (TPSA) is 91.6 Å². The van der Waals surface area contributed by atoms with E-state index >= 15 is 4.39 Å². The second-order valence-electron chi connectivity index (χ2n) is 13.0. The number of aliphatic carboxylic acids is 1. The lowest BCUT2D eigenvalue weighted by Gasteiger charge is -2.26. The molecular weight excluding hydrogens is 671 g/mol. The second kappa shape index (κ2) is 16.2. The number of amides is 1. The van der Waals surface area contributed by atoms with Crippen molar-refractivity contribution in [3.63, 3.8) is 0 Å². The van der Waals surface area contributed by atoms with Gasteiger partial charge in [-0.15, -0.1) is 0 Å². The molecule has 2 aromatic carbocycles. The largest absolute Gasteiger partial charge is 0.481 e. The molecule has 0 unspecified atom stereocenters. The molecule has 0 saturated carbocycles. The Morgan fingerprint density at radius 2 is 1.70 bits per heavy atom. The number of carboxylic acid groups (broad SMARTS) is 1. The van der Waals surface area contributed by atoms with Crippen molar-refractivity contribution in [2.75, 3.05) is 20.6 Å². The fourth-order valence-corrected chi connectivity index (χ4v) is 6.54. The van der Waals surface area contributed by atoms with Gasteiger partial charge in [-0.05, 0) is 98.8 Å². The number of aromatic nitrogens is 1. The fraction of sp³-hybridized carbons (Fsp3) is 0.472. The minimum Gasteiger partial charge on any atom is -0.481 e. The molecule has 1 aromatic heterocycles. The molecule has 0 saturated heterocycles. The van der Waals surface area contributed by atoms with Gasteiger partial charge in [0.25, 0.3) is 12.0 Å². The molecule has 2 bridgehead atoms. The Morgan fingerprint density at radius 1 is 1.02 bits per heavy atom. The quantitative estimate of drug-likeness (QED) is 0.243. The van der Waals surface area contributed by atoms with Crippen molar-refractivity contribution in [2.24, 2.45) is 0 Å². The summed E-state index contributed by atoms with van der Waals surface area (Å²) in [5.41, 5.74) is -3.01. The van der Waals surface area contributed by atoms with Crippen molar-refractivity contribution in [2.45, 2.75) is 89.4 Å². The molecule has 0 fully saturated rings. The standard InChI is InChI=1S/C36H40F7N3O4/c1-20-13-24(37)14-21-9-7-5-4-6-8-10-29(46-19-22(11-12-45(2)3)25(34(39)40)17-30(46)47)35(50)44-28(18-31(48)49)26-15-23(32(20)21)16-27(33(26)38)36(41,42)43/h13-17,19,28-29,34H,4-12,18H2,1-3H3,(H,44,50)(H,48,49)/t28-,29-/m0/s1. The molecule has 2 heterocycles. The van der Waals surface area contributed by atoms with Gasteiger partial charge in [0.2, 0.25) is 5.91 Å². The molecule has 50 heavy (non-hydrogen) atoms. The maximum atomic E-state index is 15.9. The second-order valence-corrected chi connectivity index (χ2v) is 13.0. The summed E-state index contributed by atoms with van der Waals surface area (Å²) in [6.45, 7) is 1.84. The molecule has 2 N–H and O–H groups in total. The van der Waals surface area contributed by atoms with Gasteiger partial charge in [-0.2, -0.15) is 13.2 Å². The van der Waals surface area contributed by atoms with Gasteiger partial charge in [0.05, 0.1) is 18.0 Å². The summed E-state index contributed by atoms with van der Waals surface area (Å²) in [6.07, 6.45) is -4.89. The van der Waals surface area contributed by atoms with Crippen molar-refractivity contribution in [1.29, 1.82) is 0 Å². The molecule has 1 aliphatic rings. The lowest BCUT2D eigenvalue weighted by Crippen LogP contribution is -2.40. The first-order chi connectivity index (χ1) is 23.5. The molecule has 1 aliphatic heterocycles. The number of alkyl halides is 5. The fourth-order valence-electron chi connectivity index (χ4n) is 6.54. The van der Waals surface area contributed by atoms with Crippen LogP contribution >= 0.6 is 0 Å². The van der Waals surface area contributed by atoms with E-state index < -0.39 is 76.9 Å².